The molecule has 112 valence electrons. The molecule has 2 aromatic rings. The van der Waals surface area contributed by atoms with Crippen molar-refractivity contribution in [3.8, 4) is 5.75 Å². The van der Waals surface area contributed by atoms with Gasteiger partial charge in [-0.2, -0.15) is 0 Å². The third-order valence-corrected chi connectivity index (χ3v) is 3.36. The zero-order chi connectivity index (χ0) is 15.5. The average molecular weight is 297 g/mol. The average Bonchev–Trinajstić information content (AvgIpc) is 2.54. The number of fused-ring (bicyclic) bond motifs is 1. The van der Waals surface area contributed by atoms with Crippen LogP contribution in [0.15, 0.2) is 48.5 Å². The first-order valence-corrected chi connectivity index (χ1v) is 6.79. The molecule has 3 rings (SSSR count). The van der Waals surface area contributed by atoms with Crippen molar-refractivity contribution < 1.29 is 14.3 Å². The number of hydrogen-bond donors (Lipinski definition) is 2. The van der Waals surface area contributed by atoms with E-state index >= 15 is 0 Å². The highest BCUT2D eigenvalue weighted by Crippen LogP contribution is 2.29. The van der Waals surface area contributed by atoms with Crippen LogP contribution in [-0.4, -0.2) is 25.6 Å². The summed E-state index contributed by atoms with van der Waals surface area (Å²) in [5.41, 5.74) is 1.94. The van der Waals surface area contributed by atoms with E-state index in [2.05, 4.69) is 10.6 Å². The molecule has 0 spiro atoms. The fraction of sp³-hybridized carbons (Fsp3) is 0.125. The van der Waals surface area contributed by atoms with Gasteiger partial charge in [-0.1, -0.05) is 12.1 Å². The largest absolute Gasteiger partial charge is 0.497 e. The Morgan fingerprint density at radius 3 is 2.64 bits per heavy atom. The number of benzene rings is 2. The number of carbonyl (C=O) groups is 2. The Balaban J connectivity index is 1.81. The Bertz CT molecular complexity index is 713. The Labute approximate surface area is 127 Å². The van der Waals surface area contributed by atoms with Crippen molar-refractivity contribution in [3.05, 3.63) is 48.5 Å². The van der Waals surface area contributed by atoms with Crippen molar-refractivity contribution in [2.45, 2.75) is 0 Å². The lowest BCUT2D eigenvalue weighted by atomic mass is 10.2. The molecule has 0 atom stereocenters. The van der Waals surface area contributed by atoms with E-state index in [4.69, 9.17) is 4.74 Å². The van der Waals surface area contributed by atoms with Crippen LogP contribution in [0.2, 0.25) is 0 Å². The van der Waals surface area contributed by atoms with E-state index in [1.165, 1.54) is 4.90 Å². The van der Waals surface area contributed by atoms with Crippen LogP contribution < -0.4 is 20.3 Å². The molecule has 0 fully saturated rings. The molecule has 22 heavy (non-hydrogen) atoms. The number of anilines is 3. The topological polar surface area (TPSA) is 70.7 Å². The molecule has 2 aromatic carbocycles. The normalized spacial score (nSPS) is 13.1. The lowest BCUT2D eigenvalue weighted by molar-refractivity contribution is -0.115. The fourth-order valence-corrected chi connectivity index (χ4v) is 2.28. The molecule has 0 saturated carbocycles. The highest BCUT2D eigenvalue weighted by atomic mass is 16.5. The van der Waals surface area contributed by atoms with E-state index in [1.54, 1.807) is 43.5 Å². The number of nitrogens with zero attached hydrogens (tertiary/aromatic N) is 1. The highest BCUT2D eigenvalue weighted by molar-refractivity contribution is 6.12. The summed E-state index contributed by atoms with van der Waals surface area (Å²) in [5.74, 6) is 0.490. The summed E-state index contributed by atoms with van der Waals surface area (Å²) in [5, 5.41) is 5.52. The maximum absolute atomic E-state index is 12.4. The lowest BCUT2D eigenvalue weighted by Gasteiger charge is -2.29. The molecule has 3 amide bonds. The zero-order valence-corrected chi connectivity index (χ0v) is 12.0. The van der Waals surface area contributed by atoms with Gasteiger partial charge in [-0.25, -0.2) is 4.79 Å². The maximum atomic E-state index is 12.4. The van der Waals surface area contributed by atoms with E-state index < -0.39 is 0 Å². The zero-order valence-electron chi connectivity index (χ0n) is 12.0. The fourth-order valence-electron chi connectivity index (χ4n) is 2.28. The number of rotatable bonds is 2. The molecule has 6 heteroatoms. The van der Waals surface area contributed by atoms with Gasteiger partial charge >= 0.3 is 6.03 Å². The molecule has 1 aliphatic rings. The Kier molecular flexibility index (Phi) is 3.65. The van der Waals surface area contributed by atoms with Gasteiger partial charge in [0.1, 0.15) is 12.3 Å². The predicted molar refractivity (Wildman–Crippen MR) is 84.4 cm³/mol. The maximum Gasteiger partial charge on any atom is 0.326 e. The van der Waals surface area contributed by atoms with Gasteiger partial charge in [0.25, 0.3) is 0 Å². The second kappa shape index (κ2) is 5.77. The van der Waals surface area contributed by atoms with Gasteiger partial charge in [-0.05, 0) is 36.4 Å². The van der Waals surface area contributed by atoms with Gasteiger partial charge in [-0.15, -0.1) is 0 Å². The number of hydrogen-bond acceptors (Lipinski definition) is 3. The van der Waals surface area contributed by atoms with Crippen molar-refractivity contribution in [2.75, 3.05) is 29.2 Å². The minimum atomic E-state index is -0.354. The van der Waals surface area contributed by atoms with Gasteiger partial charge in [0.05, 0.1) is 18.5 Å². The van der Waals surface area contributed by atoms with Crippen LogP contribution in [0.1, 0.15) is 0 Å². The van der Waals surface area contributed by atoms with E-state index in [0.29, 0.717) is 22.8 Å². The summed E-state index contributed by atoms with van der Waals surface area (Å²) in [4.78, 5) is 25.6. The molecular weight excluding hydrogens is 282 g/mol. The Morgan fingerprint density at radius 1 is 1.18 bits per heavy atom. The smallest absolute Gasteiger partial charge is 0.326 e. The Morgan fingerprint density at radius 2 is 1.91 bits per heavy atom. The first kappa shape index (κ1) is 13.9. The molecule has 0 unspecified atom stereocenters. The van der Waals surface area contributed by atoms with Crippen molar-refractivity contribution >= 4 is 29.0 Å². The number of para-hydroxylation sites is 2. The summed E-state index contributed by atoms with van der Waals surface area (Å²) in [6.45, 7) is -0.0149. The molecule has 0 bridgehead atoms. The Hall–Kier alpha value is -3.02. The third kappa shape index (κ3) is 2.71. The predicted octanol–water partition coefficient (Wildman–Crippen LogP) is 2.69. The van der Waals surface area contributed by atoms with Gasteiger partial charge in [0.15, 0.2) is 0 Å². The highest BCUT2D eigenvalue weighted by Gasteiger charge is 2.26. The number of carbonyl (C=O) groups excluding carboxylic acids is 2. The third-order valence-electron chi connectivity index (χ3n) is 3.36. The van der Waals surface area contributed by atoms with Crippen LogP contribution in [0, 0.1) is 0 Å². The molecule has 2 N–H and O–H groups in total. The summed E-state index contributed by atoms with van der Waals surface area (Å²) in [7, 11) is 1.58. The van der Waals surface area contributed by atoms with Crippen molar-refractivity contribution in [1.29, 1.82) is 0 Å². The molecule has 0 aromatic heterocycles. The molecular formula is C16H15N3O3. The molecule has 6 nitrogen and oxygen atoms in total. The summed E-state index contributed by atoms with van der Waals surface area (Å²) >= 11 is 0. The van der Waals surface area contributed by atoms with Crippen LogP contribution in [0.3, 0.4) is 0 Å². The molecule has 1 heterocycles. The number of nitrogens with one attached hydrogen (secondary N) is 2. The number of methoxy groups -OCH3 is 1. The van der Waals surface area contributed by atoms with Crippen LogP contribution >= 0.6 is 0 Å². The van der Waals surface area contributed by atoms with Crippen LogP contribution in [0.5, 0.6) is 5.75 Å². The van der Waals surface area contributed by atoms with E-state index in [0.717, 1.165) is 0 Å². The van der Waals surface area contributed by atoms with Crippen molar-refractivity contribution in [3.63, 3.8) is 0 Å². The van der Waals surface area contributed by atoms with E-state index in [-0.39, 0.29) is 18.5 Å². The number of amides is 3. The van der Waals surface area contributed by atoms with Crippen molar-refractivity contribution in [1.82, 2.24) is 0 Å². The van der Waals surface area contributed by atoms with E-state index in [9.17, 15) is 9.59 Å². The van der Waals surface area contributed by atoms with Crippen molar-refractivity contribution in [2.24, 2.45) is 0 Å². The quantitative estimate of drug-likeness (QED) is 0.895. The molecule has 1 aliphatic heterocycles. The summed E-state index contributed by atoms with van der Waals surface area (Å²) in [6, 6.07) is 13.8. The minimum absolute atomic E-state index is 0.0149. The SMILES string of the molecule is COc1ccc(NC(=O)N2CC(=O)Nc3ccccc32)cc1. The van der Waals surface area contributed by atoms with Crippen LogP contribution in [0.4, 0.5) is 21.9 Å². The second-order valence-corrected chi connectivity index (χ2v) is 4.81. The van der Waals surface area contributed by atoms with Gasteiger partial charge < -0.3 is 15.4 Å². The molecule has 0 radical (unpaired) electrons. The first-order valence-electron chi connectivity index (χ1n) is 6.79. The van der Waals surface area contributed by atoms with Crippen LogP contribution in [0.25, 0.3) is 0 Å². The van der Waals surface area contributed by atoms with Gasteiger partial charge in [-0.3, -0.25) is 9.69 Å². The van der Waals surface area contributed by atoms with Gasteiger partial charge in [0.2, 0.25) is 5.91 Å². The summed E-state index contributed by atoms with van der Waals surface area (Å²) in [6.07, 6.45) is 0. The monoisotopic (exact) mass is 297 g/mol. The van der Waals surface area contributed by atoms with E-state index in [1.807, 2.05) is 12.1 Å². The number of urea groups is 1. The second-order valence-electron chi connectivity index (χ2n) is 4.81. The van der Waals surface area contributed by atoms with Crippen LogP contribution in [-0.2, 0) is 4.79 Å². The standard InChI is InChI=1S/C16H15N3O3/c1-22-12-8-6-11(7-9-12)17-16(21)19-10-15(20)18-13-4-2-3-5-14(13)19/h2-9H,10H2,1H3,(H,17,21)(H,18,20). The van der Waals surface area contributed by atoms with Gasteiger partial charge in [0, 0.05) is 5.69 Å². The molecule has 0 aliphatic carbocycles. The summed E-state index contributed by atoms with van der Waals surface area (Å²) < 4.78 is 5.07. The minimum Gasteiger partial charge on any atom is -0.497 e. The number of ether oxygens (including phenoxy) is 1. The molecule has 0 saturated heterocycles. The lowest BCUT2D eigenvalue weighted by Crippen LogP contribution is -2.44. The first-order chi connectivity index (χ1) is 10.7.